The van der Waals surface area contributed by atoms with Crippen LogP contribution in [0.2, 0.25) is 0 Å². The highest BCUT2D eigenvalue weighted by molar-refractivity contribution is 5.95. The van der Waals surface area contributed by atoms with Crippen LogP contribution in [0.1, 0.15) is 19.8 Å². The summed E-state index contributed by atoms with van der Waals surface area (Å²) in [5.41, 5.74) is 0.327. The number of ether oxygens (including phenoxy) is 1. The summed E-state index contributed by atoms with van der Waals surface area (Å²) in [4.78, 5) is 42.8. The molecule has 2 aliphatic heterocycles. The lowest BCUT2D eigenvalue weighted by Gasteiger charge is -2.46. The summed E-state index contributed by atoms with van der Waals surface area (Å²) in [7, 11) is 0. The fourth-order valence-electron chi connectivity index (χ4n) is 3.24. The molecule has 3 rings (SSSR count). The lowest BCUT2D eigenvalue weighted by molar-refractivity contribution is -0.150. The summed E-state index contributed by atoms with van der Waals surface area (Å²) >= 11 is 0. The van der Waals surface area contributed by atoms with Crippen LogP contribution in [-0.4, -0.2) is 66.0 Å². The SMILES string of the molecule is CC(=O)NCC(=O)N1CCC2(CC1)CN(c1cccnc1)C(=O)CO2. The van der Waals surface area contributed by atoms with Gasteiger partial charge in [-0.25, -0.2) is 0 Å². The number of piperidine rings is 1. The van der Waals surface area contributed by atoms with E-state index in [0.717, 1.165) is 5.69 Å². The van der Waals surface area contributed by atoms with Crippen LogP contribution in [0.5, 0.6) is 0 Å². The van der Waals surface area contributed by atoms with Crippen LogP contribution in [0.4, 0.5) is 5.69 Å². The number of likely N-dealkylation sites (tertiary alicyclic amines) is 1. The third-order valence-electron chi connectivity index (χ3n) is 4.72. The van der Waals surface area contributed by atoms with Crippen molar-refractivity contribution in [3.63, 3.8) is 0 Å². The van der Waals surface area contributed by atoms with Crippen LogP contribution in [-0.2, 0) is 19.1 Å². The van der Waals surface area contributed by atoms with Gasteiger partial charge < -0.3 is 19.9 Å². The molecule has 3 heterocycles. The topological polar surface area (TPSA) is 91.8 Å². The van der Waals surface area contributed by atoms with Crippen molar-refractivity contribution in [2.45, 2.75) is 25.4 Å². The van der Waals surface area contributed by atoms with Gasteiger partial charge in [-0.1, -0.05) is 0 Å². The number of hydrogen-bond donors (Lipinski definition) is 1. The van der Waals surface area contributed by atoms with Crippen molar-refractivity contribution < 1.29 is 19.1 Å². The second-order valence-electron chi connectivity index (χ2n) is 6.45. The number of hydrogen-bond acceptors (Lipinski definition) is 5. The molecule has 8 nitrogen and oxygen atoms in total. The van der Waals surface area contributed by atoms with E-state index in [4.69, 9.17) is 4.74 Å². The molecule has 0 radical (unpaired) electrons. The molecule has 0 unspecified atom stereocenters. The van der Waals surface area contributed by atoms with Gasteiger partial charge in [-0.3, -0.25) is 19.4 Å². The minimum atomic E-state index is -0.436. The molecule has 1 aromatic rings. The smallest absolute Gasteiger partial charge is 0.253 e. The van der Waals surface area contributed by atoms with E-state index in [0.29, 0.717) is 32.5 Å². The maximum Gasteiger partial charge on any atom is 0.253 e. The van der Waals surface area contributed by atoms with Crippen LogP contribution in [0, 0.1) is 0 Å². The average molecular weight is 346 g/mol. The van der Waals surface area contributed by atoms with Gasteiger partial charge >= 0.3 is 0 Å². The summed E-state index contributed by atoms with van der Waals surface area (Å²) in [5.74, 6) is -0.396. The predicted octanol–water partition coefficient (Wildman–Crippen LogP) is -0.0579. The van der Waals surface area contributed by atoms with E-state index in [2.05, 4.69) is 10.3 Å². The fraction of sp³-hybridized carbons (Fsp3) is 0.529. The zero-order chi connectivity index (χ0) is 17.9. The van der Waals surface area contributed by atoms with Crippen LogP contribution in [0.25, 0.3) is 0 Å². The molecule has 0 aromatic carbocycles. The minimum Gasteiger partial charge on any atom is -0.363 e. The van der Waals surface area contributed by atoms with Crippen molar-refractivity contribution in [1.82, 2.24) is 15.2 Å². The molecule has 0 saturated carbocycles. The first kappa shape index (κ1) is 17.3. The maximum absolute atomic E-state index is 12.2. The van der Waals surface area contributed by atoms with Crippen molar-refractivity contribution in [2.75, 3.05) is 37.7 Å². The molecule has 1 N–H and O–H groups in total. The first-order chi connectivity index (χ1) is 12.0. The highest BCUT2D eigenvalue weighted by atomic mass is 16.5. The Morgan fingerprint density at radius 3 is 2.76 bits per heavy atom. The van der Waals surface area contributed by atoms with Gasteiger partial charge in [0.05, 0.1) is 30.6 Å². The third kappa shape index (κ3) is 3.96. The van der Waals surface area contributed by atoms with E-state index in [-0.39, 0.29) is 30.9 Å². The molecule has 25 heavy (non-hydrogen) atoms. The van der Waals surface area contributed by atoms with Gasteiger partial charge in [0, 0.05) is 26.2 Å². The molecular formula is C17H22N4O4. The number of carbonyl (C=O) groups excluding carboxylic acids is 3. The molecule has 0 atom stereocenters. The molecule has 8 heteroatoms. The quantitative estimate of drug-likeness (QED) is 0.828. The van der Waals surface area contributed by atoms with Crippen LogP contribution in [0.3, 0.4) is 0 Å². The molecule has 1 spiro atoms. The van der Waals surface area contributed by atoms with Gasteiger partial charge in [-0.05, 0) is 25.0 Å². The van der Waals surface area contributed by atoms with Crippen molar-refractivity contribution in [1.29, 1.82) is 0 Å². The largest absolute Gasteiger partial charge is 0.363 e. The average Bonchev–Trinajstić information content (AvgIpc) is 2.63. The lowest BCUT2D eigenvalue weighted by Crippen LogP contribution is -2.60. The van der Waals surface area contributed by atoms with Gasteiger partial charge in [0.15, 0.2) is 0 Å². The number of nitrogens with one attached hydrogen (secondary N) is 1. The Morgan fingerprint density at radius 1 is 1.36 bits per heavy atom. The summed E-state index contributed by atoms with van der Waals surface area (Å²) in [6.45, 7) is 3.00. The highest BCUT2D eigenvalue weighted by Crippen LogP contribution is 2.32. The second kappa shape index (κ2) is 7.18. The van der Waals surface area contributed by atoms with Crippen LogP contribution >= 0.6 is 0 Å². The first-order valence-electron chi connectivity index (χ1n) is 8.36. The van der Waals surface area contributed by atoms with Gasteiger partial charge in [-0.15, -0.1) is 0 Å². The molecule has 0 bridgehead atoms. The van der Waals surface area contributed by atoms with Gasteiger partial charge in [0.25, 0.3) is 5.91 Å². The Morgan fingerprint density at radius 2 is 2.12 bits per heavy atom. The van der Waals surface area contributed by atoms with Crippen LogP contribution in [0.15, 0.2) is 24.5 Å². The molecule has 1 aromatic heterocycles. The van der Waals surface area contributed by atoms with Crippen molar-refractivity contribution in [3.8, 4) is 0 Å². The Labute approximate surface area is 146 Å². The Hall–Kier alpha value is -2.48. The molecule has 2 fully saturated rings. The van der Waals surface area contributed by atoms with E-state index in [1.807, 2.05) is 6.07 Å². The second-order valence-corrected chi connectivity index (χ2v) is 6.45. The molecular weight excluding hydrogens is 324 g/mol. The minimum absolute atomic E-state index is 0.0173. The van der Waals surface area contributed by atoms with E-state index < -0.39 is 5.60 Å². The summed E-state index contributed by atoms with van der Waals surface area (Å²) in [6.07, 6.45) is 4.65. The summed E-state index contributed by atoms with van der Waals surface area (Å²) in [6, 6.07) is 3.66. The zero-order valence-corrected chi connectivity index (χ0v) is 14.2. The number of carbonyl (C=O) groups is 3. The van der Waals surface area contributed by atoms with E-state index in [9.17, 15) is 14.4 Å². The number of nitrogens with zero attached hydrogens (tertiary/aromatic N) is 3. The summed E-state index contributed by atoms with van der Waals surface area (Å²) in [5, 5.41) is 2.53. The lowest BCUT2D eigenvalue weighted by atomic mass is 9.89. The van der Waals surface area contributed by atoms with Gasteiger partial charge in [-0.2, -0.15) is 0 Å². The number of anilines is 1. The normalized spacial score (nSPS) is 19.8. The standard InChI is InChI=1S/C17H22N4O4/c1-13(22)19-10-15(23)20-7-4-17(5-8-20)12-21(16(24)11-25-17)14-3-2-6-18-9-14/h2-3,6,9H,4-5,7-8,10-12H2,1H3,(H,19,22). The van der Waals surface area contributed by atoms with Gasteiger partial charge in [0.2, 0.25) is 11.8 Å². The molecule has 134 valence electrons. The van der Waals surface area contributed by atoms with Crippen molar-refractivity contribution >= 4 is 23.4 Å². The monoisotopic (exact) mass is 346 g/mol. The van der Waals surface area contributed by atoms with E-state index in [1.165, 1.54) is 6.92 Å². The van der Waals surface area contributed by atoms with Crippen LogP contribution < -0.4 is 10.2 Å². The maximum atomic E-state index is 12.2. The number of pyridine rings is 1. The van der Waals surface area contributed by atoms with E-state index in [1.54, 1.807) is 28.3 Å². The molecule has 0 aliphatic carbocycles. The third-order valence-corrected chi connectivity index (χ3v) is 4.72. The zero-order valence-electron chi connectivity index (χ0n) is 14.2. The fourth-order valence-corrected chi connectivity index (χ4v) is 3.24. The Bertz CT molecular complexity index is 656. The Balaban J connectivity index is 1.61. The highest BCUT2D eigenvalue weighted by Gasteiger charge is 2.43. The number of amides is 3. The molecule has 2 aliphatic rings. The van der Waals surface area contributed by atoms with Crippen molar-refractivity contribution in [2.24, 2.45) is 0 Å². The molecule has 3 amide bonds. The number of morpholine rings is 1. The summed E-state index contributed by atoms with van der Waals surface area (Å²) < 4.78 is 5.88. The Kier molecular flexibility index (Phi) is 4.98. The number of aromatic nitrogens is 1. The molecule has 2 saturated heterocycles. The predicted molar refractivity (Wildman–Crippen MR) is 89.8 cm³/mol. The first-order valence-corrected chi connectivity index (χ1v) is 8.36. The number of rotatable bonds is 3. The van der Waals surface area contributed by atoms with Crippen molar-refractivity contribution in [3.05, 3.63) is 24.5 Å². The van der Waals surface area contributed by atoms with E-state index >= 15 is 0 Å². The van der Waals surface area contributed by atoms with Gasteiger partial charge in [0.1, 0.15) is 6.61 Å².